The van der Waals surface area contributed by atoms with Crippen molar-refractivity contribution < 1.29 is 29.7 Å². The summed E-state index contributed by atoms with van der Waals surface area (Å²) in [5.41, 5.74) is 0. The van der Waals surface area contributed by atoms with E-state index in [2.05, 4.69) is 6.92 Å². The van der Waals surface area contributed by atoms with Crippen LogP contribution in [0.2, 0.25) is 0 Å². The van der Waals surface area contributed by atoms with Gasteiger partial charge in [0.05, 0.1) is 12.2 Å². The van der Waals surface area contributed by atoms with Crippen molar-refractivity contribution in [2.24, 2.45) is 11.8 Å². The Bertz CT molecular complexity index is 533. The molecule has 1 aliphatic carbocycles. The average Bonchev–Trinajstić information content (AvgIpc) is 2.86. The smallest absolute Gasteiger partial charge is 0.303 e. The van der Waals surface area contributed by atoms with Crippen molar-refractivity contribution in [1.29, 1.82) is 0 Å². The highest BCUT2D eigenvalue weighted by Gasteiger charge is 2.41. The number of rotatable bonds is 12. The summed E-state index contributed by atoms with van der Waals surface area (Å²) in [7, 11) is 1.59. The molecule has 7 heteroatoms. The van der Waals surface area contributed by atoms with Gasteiger partial charge in [-0.1, -0.05) is 38.3 Å². The number of unbranched alkanes of at least 4 members (excludes halogenated alkanes) is 2. The third-order valence-electron chi connectivity index (χ3n) is 5.10. The second-order valence-corrected chi connectivity index (χ2v) is 7.39. The normalized spacial score (nSPS) is 23.7. The van der Waals surface area contributed by atoms with Crippen molar-refractivity contribution in [1.82, 2.24) is 4.90 Å². The van der Waals surface area contributed by atoms with E-state index in [1.165, 1.54) is 4.90 Å². The summed E-state index contributed by atoms with van der Waals surface area (Å²) in [6.45, 7) is 2.40. The SMILES string of the molecule is CCCCC[C@H](O)/C=C/[C@H]1[C@H](O)CC(=O)[C@@H]1CC(=O)N(C)CCCC(=O)O. The quantitative estimate of drug-likeness (QED) is 0.349. The van der Waals surface area contributed by atoms with Crippen molar-refractivity contribution in [2.45, 2.75) is 70.5 Å². The lowest BCUT2D eigenvalue weighted by Gasteiger charge is -2.22. The third kappa shape index (κ3) is 8.22. The van der Waals surface area contributed by atoms with Crippen molar-refractivity contribution in [3.05, 3.63) is 12.2 Å². The number of carbonyl (C=O) groups is 3. The predicted octanol–water partition coefficient (Wildman–Crippen LogP) is 1.76. The Kier molecular flexibility index (Phi) is 10.3. The molecule has 1 rings (SSSR count). The van der Waals surface area contributed by atoms with Gasteiger partial charge in [0.15, 0.2) is 0 Å². The average molecular weight is 383 g/mol. The Hall–Kier alpha value is -1.73. The number of aliphatic hydroxyl groups excluding tert-OH is 2. The molecule has 27 heavy (non-hydrogen) atoms. The van der Waals surface area contributed by atoms with Gasteiger partial charge in [0.1, 0.15) is 5.78 Å². The van der Waals surface area contributed by atoms with Crippen LogP contribution in [-0.2, 0) is 14.4 Å². The van der Waals surface area contributed by atoms with Crippen LogP contribution in [0.3, 0.4) is 0 Å². The molecule has 0 aromatic rings. The molecule has 0 heterocycles. The molecule has 4 atom stereocenters. The highest BCUT2D eigenvalue weighted by Crippen LogP contribution is 2.33. The summed E-state index contributed by atoms with van der Waals surface area (Å²) < 4.78 is 0. The van der Waals surface area contributed by atoms with Gasteiger partial charge in [-0.05, 0) is 12.8 Å². The monoisotopic (exact) mass is 383 g/mol. The van der Waals surface area contributed by atoms with E-state index >= 15 is 0 Å². The van der Waals surface area contributed by atoms with E-state index in [9.17, 15) is 24.6 Å². The minimum atomic E-state index is -0.910. The minimum absolute atomic E-state index is 0.0135. The first-order chi connectivity index (χ1) is 12.8. The van der Waals surface area contributed by atoms with Crippen LogP contribution in [0.5, 0.6) is 0 Å². The molecule has 154 valence electrons. The number of carbonyl (C=O) groups excluding carboxylic acids is 2. The van der Waals surface area contributed by atoms with Gasteiger partial charge >= 0.3 is 5.97 Å². The van der Waals surface area contributed by atoms with E-state index in [4.69, 9.17) is 5.11 Å². The number of amides is 1. The van der Waals surface area contributed by atoms with Crippen LogP contribution >= 0.6 is 0 Å². The Balaban J connectivity index is 2.60. The fourth-order valence-electron chi connectivity index (χ4n) is 3.38. The lowest BCUT2D eigenvalue weighted by Crippen LogP contribution is -2.32. The maximum atomic E-state index is 12.4. The van der Waals surface area contributed by atoms with Crippen LogP contribution < -0.4 is 0 Å². The molecular formula is C20H33NO6. The van der Waals surface area contributed by atoms with Crippen LogP contribution in [0, 0.1) is 11.8 Å². The molecule has 1 amide bonds. The minimum Gasteiger partial charge on any atom is -0.481 e. The zero-order chi connectivity index (χ0) is 20.4. The highest BCUT2D eigenvalue weighted by molar-refractivity contribution is 5.89. The Labute approximate surface area is 161 Å². The first-order valence-corrected chi connectivity index (χ1v) is 9.79. The molecule has 1 fully saturated rings. The number of nitrogens with zero attached hydrogens (tertiary/aromatic N) is 1. The number of ketones is 1. The topological polar surface area (TPSA) is 115 Å². The van der Waals surface area contributed by atoms with E-state index in [1.807, 2.05) is 0 Å². The first kappa shape index (κ1) is 23.3. The van der Waals surface area contributed by atoms with Crippen molar-refractivity contribution >= 4 is 17.7 Å². The van der Waals surface area contributed by atoms with Crippen LogP contribution in [0.15, 0.2) is 12.2 Å². The van der Waals surface area contributed by atoms with Gasteiger partial charge in [-0.3, -0.25) is 14.4 Å². The second-order valence-electron chi connectivity index (χ2n) is 7.39. The third-order valence-corrected chi connectivity index (χ3v) is 5.10. The molecule has 0 spiro atoms. The van der Waals surface area contributed by atoms with Gasteiger partial charge in [-0.25, -0.2) is 0 Å². The van der Waals surface area contributed by atoms with Gasteiger partial charge in [0.25, 0.3) is 0 Å². The Morgan fingerprint density at radius 2 is 2.00 bits per heavy atom. The van der Waals surface area contributed by atoms with Crippen molar-refractivity contribution in [3.63, 3.8) is 0 Å². The summed E-state index contributed by atoms with van der Waals surface area (Å²) in [5, 5.41) is 28.8. The largest absolute Gasteiger partial charge is 0.481 e. The second kappa shape index (κ2) is 11.9. The van der Waals surface area contributed by atoms with Gasteiger partial charge < -0.3 is 20.2 Å². The Morgan fingerprint density at radius 3 is 2.63 bits per heavy atom. The number of hydrogen-bond donors (Lipinski definition) is 3. The summed E-state index contributed by atoms with van der Waals surface area (Å²) in [6, 6.07) is 0. The Morgan fingerprint density at radius 1 is 1.30 bits per heavy atom. The van der Waals surface area contributed by atoms with Crippen molar-refractivity contribution in [2.75, 3.05) is 13.6 Å². The van der Waals surface area contributed by atoms with E-state index in [0.717, 1.165) is 19.3 Å². The number of hydrogen-bond acceptors (Lipinski definition) is 5. The molecule has 0 bridgehead atoms. The highest BCUT2D eigenvalue weighted by atomic mass is 16.4. The maximum absolute atomic E-state index is 12.4. The number of Topliss-reactive ketones (excluding diaryl/α,β-unsaturated/α-hetero) is 1. The van der Waals surface area contributed by atoms with Crippen LogP contribution in [0.25, 0.3) is 0 Å². The van der Waals surface area contributed by atoms with Gasteiger partial charge in [-0.2, -0.15) is 0 Å². The summed E-state index contributed by atoms with van der Waals surface area (Å²) in [4.78, 5) is 36.6. The van der Waals surface area contributed by atoms with E-state index in [0.29, 0.717) is 19.4 Å². The number of carboxylic acid groups (broad SMARTS) is 1. The molecule has 1 aliphatic rings. The molecule has 3 N–H and O–H groups in total. The molecule has 1 saturated carbocycles. The first-order valence-electron chi connectivity index (χ1n) is 9.79. The van der Waals surface area contributed by atoms with Gasteiger partial charge in [-0.15, -0.1) is 0 Å². The van der Waals surface area contributed by atoms with Crippen LogP contribution in [0.1, 0.15) is 58.3 Å². The fraction of sp³-hybridized carbons (Fsp3) is 0.750. The predicted molar refractivity (Wildman–Crippen MR) is 101 cm³/mol. The summed E-state index contributed by atoms with van der Waals surface area (Å²) in [5.74, 6) is -2.38. The van der Waals surface area contributed by atoms with Gasteiger partial charge in [0.2, 0.25) is 5.91 Å². The van der Waals surface area contributed by atoms with Crippen molar-refractivity contribution in [3.8, 4) is 0 Å². The van der Waals surface area contributed by atoms with E-state index in [-0.39, 0.29) is 31.0 Å². The summed E-state index contributed by atoms with van der Waals surface area (Å²) in [6.07, 6.45) is 5.84. The molecule has 0 radical (unpaired) electrons. The lowest BCUT2D eigenvalue weighted by atomic mass is 9.90. The molecule has 0 aromatic heterocycles. The molecule has 0 aromatic carbocycles. The van der Waals surface area contributed by atoms with Gasteiger partial charge in [0, 0.05) is 44.7 Å². The number of aliphatic hydroxyl groups is 2. The van der Waals surface area contributed by atoms with E-state index in [1.54, 1.807) is 19.2 Å². The molecule has 0 saturated heterocycles. The number of aliphatic carboxylic acids is 1. The molecule has 0 aliphatic heterocycles. The maximum Gasteiger partial charge on any atom is 0.303 e. The lowest BCUT2D eigenvalue weighted by molar-refractivity contribution is -0.138. The number of carboxylic acids is 1. The summed E-state index contributed by atoms with van der Waals surface area (Å²) >= 11 is 0. The zero-order valence-electron chi connectivity index (χ0n) is 16.3. The van der Waals surface area contributed by atoms with Crippen LogP contribution in [-0.4, -0.2) is 63.7 Å². The fourth-order valence-corrected chi connectivity index (χ4v) is 3.38. The molecular weight excluding hydrogens is 350 g/mol. The zero-order valence-corrected chi connectivity index (χ0v) is 16.3. The molecule has 7 nitrogen and oxygen atoms in total. The standard InChI is InChI=1S/C20H33NO6/c1-3-4-5-7-14(22)9-10-15-16(18(24)13-17(15)23)12-19(25)21(2)11-6-8-20(26)27/h9-10,14-17,22-23H,3-8,11-13H2,1-2H3,(H,26,27)/b10-9+/t14-,15+,16+,17+/m0/s1. The van der Waals surface area contributed by atoms with Crippen LogP contribution in [0.4, 0.5) is 0 Å². The van der Waals surface area contributed by atoms with E-state index < -0.39 is 30.0 Å². The molecule has 0 unspecified atom stereocenters.